The molecule has 2 aromatic carbocycles. The average Bonchev–Trinajstić information content (AvgIpc) is 2.33. The van der Waals surface area contributed by atoms with E-state index in [4.69, 9.17) is 17.3 Å². The van der Waals surface area contributed by atoms with E-state index < -0.39 is 0 Å². The third-order valence-electron chi connectivity index (χ3n) is 2.43. The summed E-state index contributed by atoms with van der Waals surface area (Å²) in [5.41, 5.74) is 7.14. The van der Waals surface area contributed by atoms with Crippen molar-refractivity contribution in [2.75, 3.05) is 11.1 Å². The van der Waals surface area contributed by atoms with Gasteiger partial charge >= 0.3 is 0 Å². The maximum Gasteiger partial charge on any atom is 0.257 e. The Hall–Kier alpha value is -1.04. The van der Waals surface area contributed by atoms with E-state index in [1.54, 1.807) is 36.4 Å². The Morgan fingerprint density at radius 1 is 1.11 bits per heavy atom. The number of carbonyl (C=O) groups excluding carboxylic acids is 1. The smallest absolute Gasteiger partial charge is 0.257 e. The highest BCUT2D eigenvalue weighted by molar-refractivity contribution is 9.10. The molecule has 0 bridgehead atoms. The van der Waals surface area contributed by atoms with E-state index >= 15 is 0 Å². The molecule has 98 valence electrons. The molecular formula is C13H9Br2ClN2O. The van der Waals surface area contributed by atoms with Crippen LogP contribution >= 0.6 is 43.5 Å². The number of nitrogens with two attached hydrogens (primary N) is 1. The Morgan fingerprint density at radius 3 is 2.42 bits per heavy atom. The SMILES string of the molecule is Nc1cc(Br)ccc1C(=O)Nc1cc(Br)ccc1Cl. The first-order valence-electron chi connectivity index (χ1n) is 5.29. The monoisotopic (exact) mass is 402 g/mol. The number of rotatable bonds is 2. The predicted molar refractivity (Wildman–Crippen MR) is 85.7 cm³/mol. The molecule has 3 N–H and O–H groups in total. The molecule has 0 heterocycles. The molecule has 2 rings (SSSR count). The van der Waals surface area contributed by atoms with Gasteiger partial charge in [0, 0.05) is 14.6 Å². The van der Waals surface area contributed by atoms with Crippen LogP contribution in [0.3, 0.4) is 0 Å². The van der Waals surface area contributed by atoms with Crippen molar-refractivity contribution in [1.29, 1.82) is 0 Å². The van der Waals surface area contributed by atoms with Crippen molar-refractivity contribution in [2.24, 2.45) is 0 Å². The molecule has 2 aromatic rings. The van der Waals surface area contributed by atoms with Gasteiger partial charge in [0.1, 0.15) is 0 Å². The average molecular weight is 404 g/mol. The summed E-state index contributed by atoms with van der Waals surface area (Å²) in [6, 6.07) is 10.3. The van der Waals surface area contributed by atoms with Gasteiger partial charge < -0.3 is 11.1 Å². The number of nitrogen functional groups attached to an aromatic ring is 1. The Balaban J connectivity index is 2.28. The van der Waals surface area contributed by atoms with Crippen LogP contribution in [0.5, 0.6) is 0 Å². The summed E-state index contributed by atoms with van der Waals surface area (Å²) in [5.74, 6) is -0.301. The number of carbonyl (C=O) groups is 1. The molecular weight excluding hydrogens is 395 g/mol. The number of hydrogen-bond donors (Lipinski definition) is 2. The molecule has 0 aromatic heterocycles. The van der Waals surface area contributed by atoms with E-state index in [0.717, 1.165) is 8.95 Å². The number of anilines is 2. The summed E-state index contributed by atoms with van der Waals surface area (Å²) in [5, 5.41) is 3.20. The van der Waals surface area contributed by atoms with Gasteiger partial charge in [-0.2, -0.15) is 0 Å². The first kappa shape index (κ1) is 14.4. The van der Waals surface area contributed by atoms with Crippen molar-refractivity contribution in [2.45, 2.75) is 0 Å². The van der Waals surface area contributed by atoms with Crippen LogP contribution in [-0.2, 0) is 0 Å². The molecule has 0 fully saturated rings. The van der Waals surface area contributed by atoms with Gasteiger partial charge in [-0.25, -0.2) is 0 Å². The van der Waals surface area contributed by atoms with E-state index in [0.29, 0.717) is 22.0 Å². The van der Waals surface area contributed by atoms with Crippen LogP contribution < -0.4 is 11.1 Å². The van der Waals surface area contributed by atoms with E-state index in [1.807, 2.05) is 0 Å². The zero-order valence-corrected chi connectivity index (χ0v) is 13.5. The van der Waals surface area contributed by atoms with Gasteiger partial charge in [0.15, 0.2) is 0 Å². The highest BCUT2D eigenvalue weighted by atomic mass is 79.9. The van der Waals surface area contributed by atoms with Gasteiger partial charge in [0.2, 0.25) is 0 Å². The molecule has 6 heteroatoms. The fourth-order valence-corrected chi connectivity index (χ4v) is 2.43. The molecule has 0 atom stereocenters. The lowest BCUT2D eigenvalue weighted by Gasteiger charge is -2.09. The molecule has 0 aliphatic heterocycles. The van der Waals surface area contributed by atoms with Gasteiger partial charge in [0.05, 0.1) is 16.3 Å². The zero-order chi connectivity index (χ0) is 14.0. The zero-order valence-electron chi connectivity index (χ0n) is 9.58. The predicted octanol–water partition coefficient (Wildman–Crippen LogP) is 4.70. The molecule has 0 radical (unpaired) electrons. The molecule has 0 saturated carbocycles. The first-order chi connectivity index (χ1) is 8.97. The second-order valence-corrected chi connectivity index (χ2v) is 6.05. The Kier molecular flexibility index (Phi) is 4.50. The van der Waals surface area contributed by atoms with Crippen LogP contribution in [0.2, 0.25) is 5.02 Å². The van der Waals surface area contributed by atoms with Crippen LogP contribution in [0.1, 0.15) is 10.4 Å². The number of amides is 1. The van der Waals surface area contributed by atoms with E-state index in [-0.39, 0.29) is 5.91 Å². The van der Waals surface area contributed by atoms with Crippen LogP contribution in [0, 0.1) is 0 Å². The third-order valence-corrected chi connectivity index (χ3v) is 3.75. The van der Waals surface area contributed by atoms with Crippen molar-refractivity contribution in [3.8, 4) is 0 Å². The fourth-order valence-electron chi connectivity index (χ4n) is 1.52. The molecule has 1 amide bonds. The quantitative estimate of drug-likeness (QED) is 0.713. The second kappa shape index (κ2) is 5.94. The third kappa shape index (κ3) is 3.49. The van der Waals surface area contributed by atoms with Crippen LogP contribution in [0.4, 0.5) is 11.4 Å². The van der Waals surface area contributed by atoms with E-state index in [2.05, 4.69) is 37.2 Å². The molecule has 19 heavy (non-hydrogen) atoms. The van der Waals surface area contributed by atoms with Crippen molar-refractivity contribution < 1.29 is 4.79 Å². The molecule has 0 saturated heterocycles. The van der Waals surface area contributed by atoms with E-state index in [1.165, 1.54) is 0 Å². The number of hydrogen-bond acceptors (Lipinski definition) is 2. The minimum atomic E-state index is -0.301. The summed E-state index contributed by atoms with van der Waals surface area (Å²) in [6.45, 7) is 0. The molecule has 3 nitrogen and oxygen atoms in total. The molecule has 0 aliphatic carbocycles. The van der Waals surface area contributed by atoms with Gasteiger partial charge in [-0.3, -0.25) is 4.79 Å². The summed E-state index contributed by atoms with van der Waals surface area (Å²) < 4.78 is 1.65. The van der Waals surface area contributed by atoms with Crippen molar-refractivity contribution in [3.05, 3.63) is 55.9 Å². The van der Waals surface area contributed by atoms with Crippen molar-refractivity contribution >= 4 is 60.7 Å². The maximum atomic E-state index is 12.1. The summed E-state index contributed by atoms with van der Waals surface area (Å²) in [7, 11) is 0. The minimum absolute atomic E-state index is 0.301. The summed E-state index contributed by atoms with van der Waals surface area (Å²) in [4.78, 5) is 12.1. The van der Waals surface area contributed by atoms with Gasteiger partial charge in [-0.1, -0.05) is 43.5 Å². The van der Waals surface area contributed by atoms with Gasteiger partial charge in [-0.05, 0) is 36.4 Å². The highest BCUT2D eigenvalue weighted by Gasteiger charge is 2.12. The maximum absolute atomic E-state index is 12.1. The lowest BCUT2D eigenvalue weighted by atomic mass is 10.1. The lowest BCUT2D eigenvalue weighted by Crippen LogP contribution is -2.14. The van der Waals surface area contributed by atoms with Crippen molar-refractivity contribution in [3.63, 3.8) is 0 Å². The fraction of sp³-hybridized carbons (Fsp3) is 0. The van der Waals surface area contributed by atoms with E-state index in [9.17, 15) is 4.79 Å². The molecule has 0 unspecified atom stereocenters. The Labute approximate surface area is 132 Å². The number of benzene rings is 2. The normalized spacial score (nSPS) is 10.3. The van der Waals surface area contributed by atoms with Crippen LogP contribution in [0.25, 0.3) is 0 Å². The second-order valence-electron chi connectivity index (χ2n) is 3.81. The number of halogens is 3. The summed E-state index contributed by atoms with van der Waals surface area (Å²) in [6.07, 6.45) is 0. The van der Waals surface area contributed by atoms with Gasteiger partial charge in [0.25, 0.3) is 5.91 Å². The lowest BCUT2D eigenvalue weighted by molar-refractivity contribution is 0.102. The van der Waals surface area contributed by atoms with Crippen LogP contribution in [-0.4, -0.2) is 5.91 Å². The standard InChI is InChI=1S/C13H9Br2ClN2O/c14-7-1-3-9(11(17)5-7)13(19)18-12-6-8(15)2-4-10(12)16/h1-6H,17H2,(H,18,19). The minimum Gasteiger partial charge on any atom is -0.398 e. The first-order valence-corrected chi connectivity index (χ1v) is 7.25. The largest absolute Gasteiger partial charge is 0.398 e. The van der Waals surface area contributed by atoms with Crippen LogP contribution in [0.15, 0.2) is 45.3 Å². The van der Waals surface area contributed by atoms with Gasteiger partial charge in [-0.15, -0.1) is 0 Å². The topological polar surface area (TPSA) is 55.1 Å². The Bertz CT molecular complexity index is 647. The Morgan fingerprint density at radius 2 is 1.74 bits per heavy atom. The number of nitrogens with one attached hydrogen (secondary N) is 1. The summed E-state index contributed by atoms with van der Waals surface area (Å²) >= 11 is 12.6. The molecule has 0 aliphatic rings. The highest BCUT2D eigenvalue weighted by Crippen LogP contribution is 2.27. The van der Waals surface area contributed by atoms with Crippen molar-refractivity contribution in [1.82, 2.24) is 0 Å². The molecule has 0 spiro atoms.